The van der Waals surface area contributed by atoms with Crippen molar-refractivity contribution >= 4 is 5.69 Å². The van der Waals surface area contributed by atoms with Crippen LogP contribution in [-0.4, -0.2) is 32.5 Å². The lowest BCUT2D eigenvalue weighted by molar-refractivity contribution is -0.385. The Labute approximate surface area is 120 Å². The highest BCUT2D eigenvalue weighted by atomic mass is 19.1. The summed E-state index contributed by atoms with van der Waals surface area (Å²) >= 11 is 0. The summed E-state index contributed by atoms with van der Waals surface area (Å²) in [4.78, 5) is 9.96. The Kier molecular flexibility index (Phi) is 4.96. The molecule has 112 valence electrons. The van der Waals surface area contributed by atoms with Gasteiger partial charge in [0.1, 0.15) is 18.2 Å². The highest BCUT2D eigenvalue weighted by Gasteiger charge is 2.11. The van der Waals surface area contributed by atoms with Crippen LogP contribution in [0, 0.1) is 15.9 Å². The van der Waals surface area contributed by atoms with E-state index in [0.717, 1.165) is 11.8 Å². The topological polar surface area (TPSA) is 93.2 Å². The summed E-state index contributed by atoms with van der Waals surface area (Å²) in [6.45, 7) is 0.836. The van der Waals surface area contributed by atoms with Gasteiger partial charge in [0, 0.05) is 13.1 Å². The lowest BCUT2D eigenvalue weighted by atomic mass is 10.2. The molecule has 1 atom stereocenters. The monoisotopic (exact) mass is 294 g/mol. The number of nitrogens with zero attached hydrogens (tertiary/aromatic N) is 3. The molecule has 0 saturated carbocycles. The number of nitro groups is 1. The molecule has 1 heterocycles. The Hall–Kier alpha value is -2.32. The van der Waals surface area contributed by atoms with E-state index >= 15 is 0 Å². The van der Waals surface area contributed by atoms with Crippen LogP contribution in [0.2, 0.25) is 0 Å². The summed E-state index contributed by atoms with van der Waals surface area (Å²) in [5, 5.41) is 27.1. The van der Waals surface area contributed by atoms with E-state index in [2.05, 4.69) is 10.4 Å². The summed E-state index contributed by atoms with van der Waals surface area (Å²) < 4.78 is 14.3. The lowest BCUT2D eigenvalue weighted by Gasteiger charge is -2.11. The average molecular weight is 294 g/mol. The van der Waals surface area contributed by atoms with Crippen LogP contribution in [0.25, 0.3) is 0 Å². The molecule has 0 aliphatic carbocycles. The molecule has 2 aromatic rings. The largest absolute Gasteiger partial charge is 0.390 e. The normalized spacial score (nSPS) is 12.3. The molecule has 1 aromatic carbocycles. The molecule has 21 heavy (non-hydrogen) atoms. The molecule has 1 unspecified atom stereocenters. The van der Waals surface area contributed by atoms with Crippen LogP contribution in [0.15, 0.2) is 36.7 Å². The van der Waals surface area contributed by atoms with E-state index < -0.39 is 11.0 Å². The minimum atomic E-state index is -0.752. The molecule has 1 aromatic heterocycles. The molecule has 0 bridgehead atoms. The number of benzene rings is 1. The first-order valence-corrected chi connectivity index (χ1v) is 6.34. The van der Waals surface area contributed by atoms with Crippen molar-refractivity contribution in [1.82, 2.24) is 15.1 Å². The molecule has 0 aliphatic rings. The van der Waals surface area contributed by atoms with Gasteiger partial charge in [0.05, 0.1) is 17.6 Å². The van der Waals surface area contributed by atoms with Gasteiger partial charge in [0.15, 0.2) is 0 Å². The third-order valence-corrected chi connectivity index (χ3v) is 2.83. The van der Waals surface area contributed by atoms with Gasteiger partial charge in [-0.3, -0.25) is 14.8 Å². The van der Waals surface area contributed by atoms with Crippen molar-refractivity contribution in [2.75, 3.05) is 6.54 Å². The highest BCUT2D eigenvalue weighted by Crippen LogP contribution is 2.08. The summed E-state index contributed by atoms with van der Waals surface area (Å²) in [5.74, 6) is -0.307. The third kappa shape index (κ3) is 4.62. The molecule has 2 N–H and O–H groups in total. The van der Waals surface area contributed by atoms with Crippen LogP contribution in [-0.2, 0) is 13.1 Å². The number of aliphatic hydroxyl groups is 1. The highest BCUT2D eigenvalue weighted by molar-refractivity contribution is 5.20. The molecular weight excluding hydrogens is 279 g/mol. The van der Waals surface area contributed by atoms with Crippen molar-refractivity contribution in [1.29, 1.82) is 0 Å². The molecule has 0 saturated heterocycles. The molecule has 0 amide bonds. The van der Waals surface area contributed by atoms with Crippen LogP contribution in [0.1, 0.15) is 5.56 Å². The minimum absolute atomic E-state index is 0.116. The SMILES string of the molecule is O=[N+]([O-])c1cnn(CC(O)CNCc2cccc(F)c2)c1. The molecule has 7 nitrogen and oxygen atoms in total. The molecule has 0 fully saturated rings. The van der Waals surface area contributed by atoms with Crippen molar-refractivity contribution in [3.05, 3.63) is 58.2 Å². The smallest absolute Gasteiger partial charge is 0.306 e. The van der Waals surface area contributed by atoms with Crippen molar-refractivity contribution in [3.8, 4) is 0 Å². The Balaban J connectivity index is 1.76. The summed E-state index contributed by atoms with van der Waals surface area (Å²) in [7, 11) is 0. The van der Waals surface area contributed by atoms with Crippen molar-refractivity contribution in [2.24, 2.45) is 0 Å². The maximum atomic E-state index is 13.0. The van der Waals surface area contributed by atoms with Crippen molar-refractivity contribution in [3.63, 3.8) is 0 Å². The van der Waals surface area contributed by atoms with Gasteiger partial charge in [0.25, 0.3) is 0 Å². The Morgan fingerprint density at radius 2 is 2.33 bits per heavy atom. The molecular formula is C13H15FN4O3. The number of aliphatic hydroxyl groups excluding tert-OH is 1. The summed E-state index contributed by atoms with van der Waals surface area (Å²) in [6.07, 6.45) is 1.64. The standard InChI is InChI=1S/C13H15FN4O3/c14-11-3-1-2-10(4-11)5-15-7-13(19)9-17-8-12(6-16-17)18(20)21/h1-4,6,8,13,15,19H,5,7,9H2. The Morgan fingerprint density at radius 3 is 3.00 bits per heavy atom. The fourth-order valence-electron chi connectivity index (χ4n) is 1.86. The first-order valence-electron chi connectivity index (χ1n) is 6.34. The second kappa shape index (κ2) is 6.91. The average Bonchev–Trinajstić information content (AvgIpc) is 2.87. The Morgan fingerprint density at radius 1 is 1.52 bits per heavy atom. The van der Waals surface area contributed by atoms with E-state index in [9.17, 15) is 19.6 Å². The Bertz CT molecular complexity index is 617. The van der Waals surface area contributed by atoms with Crippen LogP contribution in [0.4, 0.5) is 10.1 Å². The zero-order valence-corrected chi connectivity index (χ0v) is 11.1. The number of hydrogen-bond donors (Lipinski definition) is 2. The number of hydrogen-bond acceptors (Lipinski definition) is 5. The minimum Gasteiger partial charge on any atom is -0.390 e. The van der Waals surface area contributed by atoms with Crippen molar-refractivity contribution in [2.45, 2.75) is 19.2 Å². The fourth-order valence-corrected chi connectivity index (χ4v) is 1.86. The second-order valence-electron chi connectivity index (χ2n) is 4.59. The van der Waals surface area contributed by atoms with Crippen LogP contribution < -0.4 is 5.32 Å². The predicted molar refractivity (Wildman–Crippen MR) is 73.0 cm³/mol. The van der Waals surface area contributed by atoms with E-state index in [0.29, 0.717) is 6.54 Å². The van der Waals surface area contributed by atoms with Crippen molar-refractivity contribution < 1.29 is 14.4 Å². The van der Waals surface area contributed by atoms with Gasteiger partial charge < -0.3 is 10.4 Å². The quantitative estimate of drug-likeness (QED) is 0.589. The third-order valence-electron chi connectivity index (χ3n) is 2.83. The van der Waals surface area contributed by atoms with Gasteiger partial charge in [-0.2, -0.15) is 5.10 Å². The number of aromatic nitrogens is 2. The van der Waals surface area contributed by atoms with Gasteiger partial charge in [-0.05, 0) is 17.7 Å². The number of halogens is 1. The second-order valence-corrected chi connectivity index (χ2v) is 4.59. The first kappa shape index (κ1) is 15.1. The van der Waals surface area contributed by atoms with Gasteiger partial charge in [-0.25, -0.2) is 4.39 Å². The van der Waals surface area contributed by atoms with E-state index in [-0.39, 0.29) is 24.6 Å². The molecule has 0 spiro atoms. The van der Waals surface area contributed by atoms with Gasteiger partial charge >= 0.3 is 5.69 Å². The van der Waals surface area contributed by atoms with E-state index in [4.69, 9.17) is 0 Å². The fraction of sp³-hybridized carbons (Fsp3) is 0.308. The molecule has 8 heteroatoms. The zero-order valence-electron chi connectivity index (χ0n) is 11.1. The van der Waals surface area contributed by atoms with Crippen LogP contribution in [0.3, 0.4) is 0 Å². The molecule has 2 rings (SSSR count). The number of nitrogens with one attached hydrogen (secondary N) is 1. The van der Waals surface area contributed by atoms with E-state index in [1.807, 2.05) is 0 Å². The predicted octanol–water partition coefficient (Wildman–Crippen LogP) is 1.08. The van der Waals surface area contributed by atoms with Crippen LogP contribution >= 0.6 is 0 Å². The van der Waals surface area contributed by atoms with Crippen LogP contribution in [0.5, 0.6) is 0 Å². The summed E-state index contributed by atoms with van der Waals surface area (Å²) in [5.41, 5.74) is 0.659. The maximum Gasteiger partial charge on any atom is 0.306 e. The maximum absolute atomic E-state index is 13.0. The number of rotatable bonds is 7. The van der Waals surface area contributed by atoms with E-state index in [1.54, 1.807) is 12.1 Å². The van der Waals surface area contributed by atoms with Gasteiger partial charge in [0.2, 0.25) is 0 Å². The lowest BCUT2D eigenvalue weighted by Crippen LogP contribution is -2.30. The van der Waals surface area contributed by atoms with Gasteiger partial charge in [-0.15, -0.1) is 0 Å². The summed E-state index contributed by atoms with van der Waals surface area (Å²) in [6, 6.07) is 6.17. The zero-order chi connectivity index (χ0) is 15.2. The first-order chi connectivity index (χ1) is 10.0. The van der Waals surface area contributed by atoms with E-state index in [1.165, 1.54) is 23.0 Å². The molecule has 0 radical (unpaired) electrons. The van der Waals surface area contributed by atoms with Gasteiger partial charge in [-0.1, -0.05) is 12.1 Å². The molecule has 0 aliphatic heterocycles.